The summed E-state index contributed by atoms with van der Waals surface area (Å²) in [6.45, 7) is 3.82. The molecule has 4 heteroatoms. The number of rotatable bonds is 0. The summed E-state index contributed by atoms with van der Waals surface area (Å²) in [6.07, 6.45) is 33.3. The molecule has 0 saturated heterocycles. The fourth-order valence-electron chi connectivity index (χ4n) is 4.03. The van der Waals surface area contributed by atoms with Gasteiger partial charge in [0.2, 0.25) is 0 Å². The van der Waals surface area contributed by atoms with Crippen LogP contribution < -0.4 is 10.6 Å². The molecular formula is C28H40N4. The summed E-state index contributed by atoms with van der Waals surface area (Å²) in [7, 11) is 0. The smallest absolute Gasteiger partial charge is 0.0805 e. The quantitative estimate of drug-likeness (QED) is 0.494. The molecule has 0 fully saturated rings. The molecule has 32 heavy (non-hydrogen) atoms. The Kier molecular flexibility index (Phi) is 11.4. The summed E-state index contributed by atoms with van der Waals surface area (Å²) in [5.74, 6) is 0. The fraction of sp³-hybridized carbons (Fsp3) is 0.500. The number of nitrogens with zero attached hydrogens (tertiary/aromatic N) is 2. The Bertz CT molecular complexity index is 739. The standard InChI is InChI=1S/C28H40N4/c1-3-13-21-29-25-17-9-7-11-19-27(25)31-23-15-5-2-6-16-24-32-28-20-12-8-10-18-26(28)30-22-14-4-1/h7-12,17-20,29-30H,1-6,13-16,21-24H2. The third-order valence-electron chi connectivity index (χ3n) is 5.90. The Labute approximate surface area is 194 Å². The first kappa shape index (κ1) is 24.0. The second-order valence-corrected chi connectivity index (χ2v) is 8.57. The monoisotopic (exact) mass is 432 g/mol. The van der Waals surface area contributed by atoms with Crippen LogP contribution in [0.2, 0.25) is 0 Å². The van der Waals surface area contributed by atoms with Gasteiger partial charge in [-0.1, -0.05) is 75.0 Å². The van der Waals surface area contributed by atoms with Gasteiger partial charge in [0.15, 0.2) is 0 Å². The lowest BCUT2D eigenvalue weighted by Crippen LogP contribution is -2.21. The van der Waals surface area contributed by atoms with Gasteiger partial charge in [-0.2, -0.15) is 0 Å². The van der Waals surface area contributed by atoms with E-state index in [1.165, 1.54) is 51.4 Å². The van der Waals surface area contributed by atoms with Crippen LogP contribution in [0.25, 0.3) is 0 Å². The van der Waals surface area contributed by atoms with Crippen LogP contribution in [0.15, 0.2) is 82.1 Å². The molecule has 1 heterocycles. The van der Waals surface area contributed by atoms with Gasteiger partial charge in [-0.3, -0.25) is 9.98 Å². The summed E-state index contributed by atoms with van der Waals surface area (Å²) in [6, 6.07) is 0. The van der Waals surface area contributed by atoms with Gasteiger partial charge in [0.05, 0.1) is 22.8 Å². The molecule has 1 aliphatic heterocycles. The van der Waals surface area contributed by atoms with E-state index >= 15 is 0 Å². The first-order valence-corrected chi connectivity index (χ1v) is 12.6. The normalized spacial score (nSPS) is 22.0. The molecule has 172 valence electrons. The molecular weight excluding hydrogens is 392 g/mol. The SMILES string of the molecule is C1=CC=C2NCCCCCCCNC3=CC=CC=CC3=NCCCCCCCN=C2C=C1. The number of hydrogen-bond acceptors (Lipinski definition) is 4. The second-order valence-electron chi connectivity index (χ2n) is 8.57. The van der Waals surface area contributed by atoms with Crippen LogP contribution >= 0.6 is 0 Å². The average Bonchev–Trinajstić information content (AvgIpc) is 3.17. The van der Waals surface area contributed by atoms with E-state index in [0.717, 1.165) is 61.8 Å². The molecule has 0 atom stereocenters. The van der Waals surface area contributed by atoms with E-state index < -0.39 is 0 Å². The van der Waals surface area contributed by atoms with Crippen LogP contribution in [-0.2, 0) is 0 Å². The Morgan fingerprint density at radius 2 is 0.906 bits per heavy atom. The molecule has 0 aromatic rings. The summed E-state index contributed by atoms with van der Waals surface area (Å²) in [4.78, 5) is 9.77. The molecule has 2 aliphatic carbocycles. The molecule has 0 aromatic carbocycles. The molecule has 0 unspecified atom stereocenters. The van der Waals surface area contributed by atoms with E-state index in [1.54, 1.807) is 0 Å². The fourth-order valence-corrected chi connectivity index (χ4v) is 4.03. The highest BCUT2D eigenvalue weighted by atomic mass is 14.9. The van der Waals surface area contributed by atoms with Gasteiger partial charge in [0.1, 0.15) is 0 Å². The van der Waals surface area contributed by atoms with Crippen molar-refractivity contribution in [2.24, 2.45) is 9.98 Å². The van der Waals surface area contributed by atoms with E-state index in [1.807, 2.05) is 0 Å². The topological polar surface area (TPSA) is 48.8 Å². The van der Waals surface area contributed by atoms with Crippen molar-refractivity contribution < 1.29 is 0 Å². The minimum atomic E-state index is 0.901. The zero-order chi connectivity index (χ0) is 22.1. The highest BCUT2D eigenvalue weighted by Gasteiger charge is 2.06. The number of fused-ring (bicyclic) bond motifs is 2. The van der Waals surface area contributed by atoms with Gasteiger partial charge < -0.3 is 10.6 Å². The highest BCUT2D eigenvalue weighted by molar-refractivity contribution is 6.09. The summed E-state index contributed by atoms with van der Waals surface area (Å²) < 4.78 is 0. The second kappa shape index (κ2) is 15.2. The first-order chi connectivity index (χ1) is 15.9. The van der Waals surface area contributed by atoms with Crippen LogP contribution in [-0.4, -0.2) is 37.6 Å². The number of allylic oxidation sites excluding steroid dienone is 10. The van der Waals surface area contributed by atoms with Crippen LogP contribution in [0.3, 0.4) is 0 Å². The highest BCUT2D eigenvalue weighted by Crippen LogP contribution is 2.10. The van der Waals surface area contributed by atoms with E-state index in [0.29, 0.717) is 0 Å². The van der Waals surface area contributed by atoms with Crippen molar-refractivity contribution in [1.29, 1.82) is 0 Å². The molecule has 0 spiro atoms. The first-order valence-electron chi connectivity index (χ1n) is 12.6. The van der Waals surface area contributed by atoms with Crippen molar-refractivity contribution >= 4 is 11.4 Å². The van der Waals surface area contributed by atoms with Crippen molar-refractivity contribution in [3.8, 4) is 0 Å². The lowest BCUT2D eigenvalue weighted by atomic mass is 10.1. The Balaban J connectivity index is 1.54. The van der Waals surface area contributed by atoms with Crippen molar-refractivity contribution in [2.75, 3.05) is 26.2 Å². The Morgan fingerprint density at radius 1 is 0.469 bits per heavy atom. The maximum absolute atomic E-state index is 4.88. The van der Waals surface area contributed by atoms with Crippen LogP contribution in [0.4, 0.5) is 0 Å². The summed E-state index contributed by atoms with van der Waals surface area (Å²) in [5.41, 5.74) is 4.51. The van der Waals surface area contributed by atoms with Crippen molar-refractivity contribution in [2.45, 2.75) is 64.2 Å². The Morgan fingerprint density at radius 3 is 1.41 bits per heavy atom. The zero-order valence-corrected chi connectivity index (χ0v) is 19.6. The summed E-state index contributed by atoms with van der Waals surface area (Å²) >= 11 is 0. The van der Waals surface area contributed by atoms with Crippen LogP contribution in [0, 0.1) is 0 Å². The van der Waals surface area contributed by atoms with Gasteiger partial charge in [0.25, 0.3) is 0 Å². The lowest BCUT2D eigenvalue weighted by Gasteiger charge is -2.12. The zero-order valence-electron chi connectivity index (χ0n) is 19.6. The van der Waals surface area contributed by atoms with E-state index in [2.05, 4.69) is 71.4 Å². The predicted molar refractivity (Wildman–Crippen MR) is 140 cm³/mol. The van der Waals surface area contributed by atoms with Crippen LogP contribution in [0.1, 0.15) is 64.2 Å². The number of hydrogen-bond donors (Lipinski definition) is 2. The number of aliphatic imine (C=N–C) groups is 2. The molecule has 0 saturated carbocycles. The molecule has 0 radical (unpaired) electrons. The van der Waals surface area contributed by atoms with Gasteiger partial charge in [-0.25, -0.2) is 0 Å². The van der Waals surface area contributed by atoms with E-state index in [9.17, 15) is 0 Å². The van der Waals surface area contributed by atoms with Gasteiger partial charge in [-0.05, 0) is 50.0 Å². The molecule has 3 aliphatic rings. The number of nitrogens with one attached hydrogen (secondary N) is 2. The Hall–Kier alpha value is -2.62. The average molecular weight is 433 g/mol. The van der Waals surface area contributed by atoms with E-state index in [4.69, 9.17) is 9.98 Å². The predicted octanol–water partition coefficient (Wildman–Crippen LogP) is 5.98. The minimum Gasteiger partial charge on any atom is -0.383 e. The third kappa shape index (κ3) is 9.25. The van der Waals surface area contributed by atoms with Crippen molar-refractivity contribution in [3.63, 3.8) is 0 Å². The van der Waals surface area contributed by atoms with Gasteiger partial charge in [-0.15, -0.1) is 0 Å². The molecule has 2 N–H and O–H groups in total. The summed E-state index contributed by atoms with van der Waals surface area (Å²) in [5, 5.41) is 7.24. The van der Waals surface area contributed by atoms with Crippen molar-refractivity contribution in [3.05, 3.63) is 72.2 Å². The third-order valence-corrected chi connectivity index (χ3v) is 5.90. The maximum atomic E-state index is 4.88. The molecule has 4 nitrogen and oxygen atoms in total. The van der Waals surface area contributed by atoms with E-state index in [-0.39, 0.29) is 0 Å². The van der Waals surface area contributed by atoms with Crippen LogP contribution in [0.5, 0.6) is 0 Å². The van der Waals surface area contributed by atoms with Gasteiger partial charge >= 0.3 is 0 Å². The minimum absolute atomic E-state index is 0.901. The molecule has 0 amide bonds. The molecule has 0 aromatic heterocycles. The largest absolute Gasteiger partial charge is 0.383 e. The molecule has 3 rings (SSSR count). The molecule has 0 bridgehead atoms. The lowest BCUT2D eigenvalue weighted by molar-refractivity contribution is 0.590. The van der Waals surface area contributed by atoms with Gasteiger partial charge in [0, 0.05) is 26.2 Å². The maximum Gasteiger partial charge on any atom is 0.0805 e. The van der Waals surface area contributed by atoms with Crippen molar-refractivity contribution in [1.82, 2.24) is 10.6 Å².